The number of fused-ring (bicyclic) bond motifs is 2. The molecular formula is C15H12O3. The van der Waals surface area contributed by atoms with E-state index in [0.717, 1.165) is 22.4 Å². The van der Waals surface area contributed by atoms with Crippen molar-refractivity contribution >= 4 is 5.97 Å². The van der Waals surface area contributed by atoms with Gasteiger partial charge in [-0.15, -0.1) is 0 Å². The number of carboxylic acids is 1. The average molecular weight is 240 g/mol. The molecule has 1 N–H and O–H groups in total. The first-order valence-corrected chi connectivity index (χ1v) is 5.78. The Bertz CT molecular complexity index is 644. The highest BCUT2D eigenvalue weighted by Gasteiger charge is 2.22. The van der Waals surface area contributed by atoms with Gasteiger partial charge in [0, 0.05) is 12.0 Å². The van der Waals surface area contributed by atoms with E-state index >= 15 is 0 Å². The normalized spacial score (nSPS) is 12.3. The fourth-order valence-corrected chi connectivity index (χ4v) is 2.30. The molecule has 0 atom stereocenters. The molecule has 0 amide bonds. The third kappa shape index (κ3) is 1.64. The Kier molecular flexibility index (Phi) is 2.33. The summed E-state index contributed by atoms with van der Waals surface area (Å²) >= 11 is 0. The number of rotatable bonds is 1. The van der Waals surface area contributed by atoms with Crippen molar-refractivity contribution in [2.75, 3.05) is 0 Å². The van der Waals surface area contributed by atoms with Crippen LogP contribution in [0, 0.1) is 6.92 Å². The molecule has 0 saturated heterocycles. The highest BCUT2D eigenvalue weighted by Crippen LogP contribution is 2.38. The molecule has 0 spiro atoms. The molecule has 1 heterocycles. The van der Waals surface area contributed by atoms with Gasteiger partial charge in [-0.25, -0.2) is 4.79 Å². The lowest BCUT2D eigenvalue weighted by atomic mass is 9.95. The van der Waals surface area contributed by atoms with Crippen LogP contribution in [0.2, 0.25) is 0 Å². The molecule has 0 bridgehead atoms. The fraction of sp³-hybridized carbons (Fsp3) is 0.133. The summed E-state index contributed by atoms with van der Waals surface area (Å²) in [6, 6.07) is 11.1. The Balaban J connectivity index is 2.14. The fourth-order valence-electron chi connectivity index (χ4n) is 2.30. The second-order valence-corrected chi connectivity index (χ2v) is 4.48. The van der Waals surface area contributed by atoms with Gasteiger partial charge in [0.05, 0.1) is 5.56 Å². The van der Waals surface area contributed by atoms with E-state index in [2.05, 4.69) is 0 Å². The predicted octanol–water partition coefficient (Wildman–Crippen LogP) is 3.39. The standard InChI is InChI=1S/C15H12O3/c1-9-5-6-13-10(7-9)8-12-11(15(16)17)3-2-4-14(12)18-13/h2-7H,8H2,1H3,(H,16,17). The topological polar surface area (TPSA) is 46.5 Å². The van der Waals surface area contributed by atoms with Crippen molar-refractivity contribution in [1.29, 1.82) is 0 Å². The first-order valence-electron chi connectivity index (χ1n) is 5.78. The molecule has 1 aliphatic heterocycles. The van der Waals surface area contributed by atoms with Gasteiger partial charge in [0.2, 0.25) is 0 Å². The Morgan fingerprint density at radius 1 is 1.22 bits per heavy atom. The van der Waals surface area contributed by atoms with Gasteiger partial charge in [-0.3, -0.25) is 0 Å². The van der Waals surface area contributed by atoms with E-state index in [1.165, 1.54) is 0 Å². The van der Waals surface area contributed by atoms with E-state index in [9.17, 15) is 9.90 Å². The largest absolute Gasteiger partial charge is 0.478 e. The molecular weight excluding hydrogens is 228 g/mol. The molecule has 3 rings (SSSR count). The highest BCUT2D eigenvalue weighted by molar-refractivity contribution is 5.90. The van der Waals surface area contributed by atoms with Crippen LogP contribution in [-0.2, 0) is 6.42 Å². The minimum absolute atomic E-state index is 0.319. The number of benzene rings is 2. The molecule has 2 aromatic rings. The lowest BCUT2D eigenvalue weighted by Gasteiger charge is -2.21. The lowest BCUT2D eigenvalue weighted by molar-refractivity contribution is 0.0695. The van der Waals surface area contributed by atoms with E-state index < -0.39 is 5.97 Å². The van der Waals surface area contributed by atoms with Crippen LogP contribution in [0.5, 0.6) is 11.5 Å². The summed E-state index contributed by atoms with van der Waals surface area (Å²) in [7, 11) is 0. The Labute approximate surface area is 105 Å². The van der Waals surface area contributed by atoms with Gasteiger partial charge in [-0.05, 0) is 30.7 Å². The number of hydrogen-bond acceptors (Lipinski definition) is 2. The van der Waals surface area contributed by atoms with E-state index in [1.54, 1.807) is 12.1 Å². The SMILES string of the molecule is Cc1ccc2c(c1)Cc1c(cccc1C(=O)O)O2. The number of hydrogen-bond donors (Lipinski definition) is 1. The maximum Gasteiger partial charge on any atom is 0.336 e. The molecule has 0 unspecified atom stereocenters. The van der Waals surface area contributed by atoms with Crippen molar-refractivity contribution in [2.24, 2.45) is 0 Å². The summed E-state index contributed by atoms with van der Waals surface area (Å²) < 4.78 is 5.76. The van der Waals surface area contributed by atoms with Gasteiger partial charge in [-0.1, -0.05) is 23.8 Å². The Morgan fingerprint density at radius 2 is 2.06 bits per heavy atom. The van der Waals surface area contributed by atoms with Crippen LogP contribution >= 0.6 is 0 Å². The van der Waals surface area contributed by atoms with Gasteiger partial charge in [-0.2, -0.15) is 0 Å². The van der Waals surface area contributed by atoms with Crippen molar-refractivity contribution in [2.45, 2.75) is 13.3 Å². The first-order chi connectivity index (χ1) is 8.65. The van der Waals surface area contributed by atoms with E-state index in [0.29, 0.717) is 17.7 Å². The lowest BCUT2D eigenvalue weighted by Crippen LogP contribution is -2.09. The summed E-state index contributed by atoms with van der Waals surface area (Å²) in [4.78, 5) is 11.2. The van der Waals surface area contributed by atoms with Crippen LogP contribution < -0.4 is 4.74 Å². The van der Waals surface area contributed by atoms with Crippen LogP contribution in [0.25, 0.3) is 0 Å². The van der Waals surface area contributed by atoms with Gasteiger partial charge in [0.25, 0.3) is 0 Å². The summed E-state index contributed by atoms with van der Waals surface area (Å²) in [5.41, 5.74) is 3.26. The highest BCUT2D eigenvalue weighted by atomic mass is 16.5. The molecule has 0 fully saturated rings. The second-order valence-electron chi connectivity index (χ2n) is 4.48. The maximum atomic E-state index is 11.2. The smallest absolute Gasteiger partial charge is 0.336 e. The monoisotopic (exact) mass is 240 g/mol. The zero-order valence-corrected chi connectivity index (χ0v) is 9.93. The molecule has 0 radical (unpaired) electrons. The Morgan fingerprint density at radius 3 is 2.83 bits per heavy atom. The van der Waals surface area contributed by atoms with Crippen LogP contribution in [-0.4, -0.2) is 11.1 Å². The third-order valence-corrected chi connectivity index (χ3v) is 3.17. The number of ether oxygens (including phenoxy) is 1. The molecule has 0 saturated carbocycles. The van der Waals surface area contributed by atoms with E-state index in [-0.39, 0.29) is 0 Å². The summed E-state index contributed by atoms with van der Waals surface area (Å²) in [6.45, 7) is 2.01. The molecule has 3 nitrogen and oxygen atoms in total. The Hall–Kier alpha value is -2.29. The molecule has 1 aliphatic rings. The van der Waals surface area contributed by atoms with E-state index in [1.807, 2.05) is 31.2 Å². The molecule has 90 valence electrons. The van der Waals surface area contributed by atoms with Gasteiger partial charge in [0.15, 0.2) is 0 Å². The third-order valence-electron chi connectivity index (χ3n) is 3.17. The molecule has 0 aromatic heterocycles. The van der Waals surface area contributed by atoms with Crippen molar-refractivity contribution in [1.82, 2.24) is 0 Å². The summed E-state index contributed by atoms with van der Waals surface area (Å²) in [6.07, 6.45) is 0.606. The van der Waals surface area contributed by atoms with E-state index in [4.69, 9.17) is 4.74 Å². The van der Waals surface area contributed by atoms with Crippen LogP contribution in [0.4, 0.5) is 0 Å². The second kappa shape index (κ2) is 3.88. The van der Waals surface area contributed by atoms with Crippen molar-refractivity contribution in [3.8, 4) is 11.5 Å². The number of carboxylic acid groups (broad SMARTS) is 1. The zero-order chi connectivity index (χ0) is 12.7. The van der Waals surface area contributed by atoms with Crippen molar-refractivity contribution in [3.63, 3.8) is 0 Å². The van der Waals surface area contributed by atoms with Gasteiger partial charge >= 0.3 is 5.97 Å². The first kappa shape index (κ1) is 10.8. The number of aryl methyl sites for hydroxylation is 1. The van der Waals surface area contributed by atoms with Crippen LogP contribution in [0.3, 0.4) is 0 Å². The molecule has 2 aromatic carbocycles. The summed E-state index contributed by atoms with van der Waals surface area (Å²) in [5.74, 6) is 0.549. The van der Waals surface area contributed by atoms with Crippen molar-refractivity contribution in [3.05, 3.63) is 58.7 Å². The maximum absolute atomic E-state index is 11.2. The summed E-state index contributed by atoms with van der Waals surface area (Å²) in [5, 5.41) is 9.19. The zero-order valence-electron chi connectivity index (χ0n) is 9.93. The minimum Gasteiger partial charge on any atom is -0.478 e. The van der Waals surface area contributed by atoms with Gasteiger partial charge in [0.1, 0.15) is 11.5 Å². The van der Waals surface area contributed by atoms with Crippen LogP contribution in [0.1, 0.15) is 27.0 Å². The number of carbonyl (C=O) groups is 1. The molecule has 18 heavy (non-hydrogen) atoms. The average Bonchev–Trinajstić information content (AvgIpc) is 2.35. The minimum atomic E-state index is -0.911. The predicted molar refractivity (Wildman–Crippen MR) is 67.5 cm³/mol. The quantitative estimate of drug-likeness (QED) is 0.709. The van der Waals surface area contributed by atoms with Crippen molar-refractivity contribution < 1.29 is 14.6 Å². The van der Waals surface area contributed by atoms with Crippen LogP contribution in [0.15, 0.2) is 36.4 Å². The number of aromatic carboxylic acids is 1. The molecule has 3 heteroatoms. The molecule has 0 aliphatic carbocycles. The van der Waals surface area contributed by atoms with Gasteiger partial charge < -0.3 is 9.84 Å².